The zero-order valence-corrected chi connectivity index (χ0v) is 14.2. The number of pyridine rings is 1. The van der Waals surface area contributed by atoms with Gasteiger partial charge >= 0.3 is 0 Å². The highest BCUT2D eigenvalue weighted by Gasteiger charge is 2.10. The lowest BCUT2D eigenvalue weighted by molar-refractivity contribution is 0.0955. The van der Waals surface area contributed by atoms with E-state index in [2.05, 4.69) is 10.3 Å². The molecule has 0 spiro atoms. The van der Waals surface area contributed by atoms with Crippen molar-refractivity contribution >= 4 is 26.8 Å². The van der Waals surface area contributed by atoms with Gasteiger partial charge in [0.05, 0.1) is 16.0 Å². The highest BCUT2D eigenvalue weighted by Crippen LogP contribution is 2.15. The molecule has 0 bridgehead atoms. The molecule has 0 fully saturated rings. The molecule has 6 nitrogen and oxygen atoms in total. The molecule has 7 heteroatoms. The monoisotopic (exact) mass is 355 g/mol. The van der Waals surface area contributed by atoms with E-state index in [1.165, 1.54) is 12.1 Å². The Labute approximate surface area is 145 Å². The smallest absolute Gasteiger partial charge is 0.253 e. The number of benzene rings is 2. The van der Waals surface area contributed by atoms with Crippen molar-refractivity contribution in [3.8, 4) is 0 Å². The Hall–Kier alpha value is -2.77. The van der Waals surface area contributed by atoms with Crippen LogP contribution in [-0.2, 0) is 16.4 Å². The molecule has 0 saturated heterocycles. The van der Waals surface area contributed by atoms with Gasteiger partial charge in [-0.3, -0.25) is 9.78 Å². The fourth-order valence-corrected chi connectivity index (χ4v) is 3.06. The van der Waals surface area contributed by atoms with Crippen molar-refractivity contribution in [3.05, 3.63) is 71.9 Å². The summed E-state index contributed by atoms with van der Waals surface area (Å²) < 4.78 is 22.5. The molecule has 0 aliphatic heterocycles. The van der Waals surface area contributed by atoms with Gasteiger partial charge in [0.15, 0.2) is 0 Å². The molecular formula is C18H17N3O3S. The van der Waals surface area contributed by atoms with E-state index in [0.717, 1.165) is 10.9 Å². The van der Waals surface area contributed by atoms with Crippen LogP contribution in [0.2, 0.25) is 0 Å². The first kappa shape index (κ1) is 17.1. The summed E-state index contributed by atoms with van der Waals surface area (Å²) in [5.41, 5.74) is 2.10. The minimum absolute atomic E-state index is 0.0714. The zero-order valence-electron chi connectivity index (χ0n) is 13.3. The minimum Gasteiger partial charge on any atom is -0.352 e. The van der Waals surface area contributed by atoms with Crippen LogP contribution in [0.25, 0.3) is 10.9 Å². The maximum Gasteiger partial charge on any atom is 0.253 e. The van der Waals surface area contributed by atoms with Crippen LogP contribution in [0.5, 0.6) is 0 Å². The summed E-state index contributed by atoms with van der Waals surface area (Å²) in [6, 6.07) is 15.5. The topological polar surface area (TPSA) is 102 Å². The lowest BCUT2D eigenvalue weighted by Gasteiger charge is -2.08. The second-order valence-corrected chi connectivity index (χ2v) is 7.14. The maximum atomic E-state index is 12.4. The van der Waals surface area contributed by atoms with E-state index < -0.39 is 10.0 Å². The summed E-state index contributed by atoms with van der Waals surface area (Å²) in [4.78, 5) is 16.7. The van der Waals surface area contributed by atoms with Crippen molar-refractivity contribution in [1.82, 2.24) is 10.3 Å². The number of amides is 1. The number of hydrogen-bond donors (Lipinski definition) is 2. The van der Waals surface area contributed by atoms with Gasteiger partial charge in [0, 0.05) is 18.1 Å². The van der Waals surface area contributed by atoms with Gasteiger partial charge in [0.25, 0.3) is 5.91 Å². The molecule has 3 N–H and O–H groups in total. The molecule has 3 rings (SSSR count). The molecule has 3 aromatic rings. The number of nitrogens with two attached hydrogens (primary N) is 1. The van der Waals surface area contributed by atoms with E-state index in [4.69, 9.17) is 5.14 Å². The number of hydrogen-bond acceptors (Lipinski definition) is 4. The predicted octanol–water partition coefficient (Wildman–Crippen LogP) is 1.85. The Morgan fingerprint density at radius 3 is 2.48 bits per heavy atom. The van der Waals surface area contributed by atoms with Crippen molar-refractivity contribution in [2.45, 2.75) is 11.3 Å². The van der Waals surface area contributed by atoms with Crippen LogP contribution in [0.15, 0.2) is 65.7 Å². The van der Waals surface area contributed by atoms with Crippen molar-refractivity contribution in [1.29, 1.82) is 0 Å². The number of fused-ring (bicyclic) bond motifs is 1. The van der Waals surface area contributed by atoms with E-state index in [9.17, 15) is 13.2 Å². The highest BCUT2D eigenvalue weighted by atomic mass is 32.2. The standard InChI is InChI=1S/C18H17N3O3S/c19-25(23,24)15-8-6-13(7-9-15)10-12-21-18(22)16-5-1-3-14-4-2-11-20-17(14)16/h1-9,11H,10,12H2,(H,21,22)(H2,19,23,24). The van der Waals surface area contributed by atoms with Gasteiger partial charge in [-0.25, -0.2) is 13.6 Å². The maximum absolute atomic E-state index is 12.4. The first-order valence-corrected chi connectivity index (χ1v) is 9.23. The molecule has 2 aromatic carbocycles. The Morgan fingerprint density at radius 1 is 1.04 bits per heavy atom. The average Bonchev–Trinajstić information content (AvgIpc) is 2.61. The SMILES string of the molecule is NS(=O)(=O)c1ccc(CCNC(=O)c2cccc3cccnc23)cc1. The van der Waals surface area contributed by atoms with Gasteiger partial charge in [-0.2, -0.15) is 0 Å². The Bertz CT molecular complexity index is 1010. The molecule has 25 heavy (non-hydrogen) atoms. The lowest BCUT2D eigenvalue weighted by Crippen LogP contribution is -2.26. The van der Waals surface area contributed by atoms with Gasteiger partial charge < -0.3 is 5.32 Å². The number of rotatable bonds is 5. The van der Waals surface area contributed by atoms with Gasteiger partial charge in [0.2, 0.25) is 10.0 Å². The largest absolute Gasteiger partial charge is 0.352 e. The third kappa shape index (κ3) is 4.01. The van der Waals surface area contributed by atoms with Crippen molar-refractivity contribution < 1.29 is 13.2 Å². The number of aromatic nitrogens is 1. The number of nitrogens with one attached hydrogen (secondary N) is 1. The first-order chi connectivity index (χ1) is 11.9. The van der Waals surface area contributed by atoms with Crippen LogP contribution in [0, 0.1) is 0 Å². The van der Waals surface area contributed by atoms with E-state index in [-0.39, 0.29) is 10.8 Å². The van der Waals surface area contributed by atoms with Crippen molar-refractivity contribution in [2.75, 3.05) is 6.54 Å². The van der Waals surface area contributed by atoms with Crippen LogP contribution in [0.1, 0.15) is 15.9 Å². The number of carbonyl (C=O) groups is 1. The van der Waals surface area contributed by atoms with Gasteiger partial charge in [-0.15, -0.1) is 0 Å². The summed E-state index contributed by atoms with van der Waals surface area (Å²) in [6.45, 7) is 0.427. The summed E-state index contributed by atoms with van der Waals surface area (Å²) >= 11 is 0. The number of nitrogens with zero attached hydrogens (tertiary/aromatic N) is 1. The summed E-state index contributed by atoms with van der Waals surface area (Å²) in [5.74, 6) is -0.189. The van der Waals surface area contributed by atoms with Gasteiger partial charge in [0.1, 0.15) is 0 Å². The normalized spacial score (nSPS) is 11.4. The lowest BCUT2D eigenvalue weighted by atomic mass is 10.1. The molecular weight excluding hydrogens is 338 g/mol. The van der Waals surface area contributed by atoms with Crippen LogP contribution in [0.3, 0.4) is 0 Å². The first-order valence-electron chi connectivity index (χ1n) is 7.69. The van der Waals surface area contributed by atoms with E-state index in [1.807, 2.05) is 24.3 Å². The molecule has 0 unspecified atom stereocenters. The van der Waals surface area contributed by atoms with Gasteiger partial charge in [-0.1, -0.05) is 30.3 Å². The van der Waals surface area contributed by atoms with E-state index in [1.54, 1.807) is 24.4 Å². The van der Waals surface area contributed by atoms with Crippen LogP contribution in [0.4, 0.5) is 0 Å². The number of primary sulfonamides is 1. The third-order valence-electron chi connectivity index (χ3n) is 3.83. The van der Waals surface area contributed by atoms with Crippen LogP contribution in [-0.4, -0.2) is 25.9 Å². The number of sulfonamides is 1. The second kappa shape index (κ2) is 7.00. The molecule has 0 aliphatic carbocycles. The Morgan fingerprint density at radius 2 is 1.76 bits per heavy atom. The van der Waals surface area contributed by atoms with Crippen LogP contribution < -0.4 is 10.5 Å². The van der Waals surface area contributed by atoms with Gasteiger partial charge in [-0.05, 0) is 36.2 Å². The fraction of sp³-hybridized carbons (Fsp3) is 0.111. The summed E-state index contributed by atoms with van der Waals surface area (Å²) in [6.07, 6.45) is 2.24. The number of carbonyl (C=O) groups excluding carboxylic acids is 1. The van der Waals surface area contributed by atoms with E-state index in [0.29, 0.717) is 24.0 Å². The minimum atomic E-state index is -3.69. The fourth-order valence-electron chi connectivity index (χ4n) is 2.55. The summed E-state index contributed by atoms with van der Waals surface area (Å²) in [5, 5.41) is 8.84. The molecule has 0 atom stereocenters. The van der Waals surface area contributed by atoms with Crippen molar-refractivity contribution in [3.63, 3.8) is 0 Å². The Kier molecular flexibility index (Phi) is 4.78. The summed E-state index contributed by atoms with van der Waals surface area (Å²) in [7, 11) is -3.69. The molecule has 1 aromatic heterocycles. The van der Waals surface area contributed by atoms with Crippen LogP contribution >= 0.6 is 0 Å². The highest BCUT2D eigenvalue weighted by molar-refractivity contribution is 7.89. The molecule has 0 aliphatic rings. The van der Waals surface area contributed by atoms with Crippen molar-refractivity contribution in [2.24, 2.45) is 5.14 Å². The quantitative estimate of drug-likeness (QED) is 0.729. The predicted molar refractivity (Wildman–Crippen MR) is 95.6 cm³/mol. The number of para-hydroxylation sites is 1. The van der Waals surface area contributed by atoms with E-state index >= 15 is 0 Å². The zero-order chi connectivity index (χ0) is 17.9. The molecule has 128 valence electrons. The third-order valence-corrected chi connectivity index (χ3v) is 4.76. The molecule has 0 radical (unpaired) electrons. The average molecular weight is 355 g/mol. The molecule has 1 heterocycles. The molecule has 0 saturated carbocycles. The molecule has 1 amide bonds. The second-order valence-electron chi connectivity index (χ2n) is 5.58. The Balaban J connectivity index is 1.65.